The molecule has 0 saturated carbocycles. The maximum Gasteiger partial charge on any atom is 0.0433 e. The van der Waals surface area contributed by atoms with E-state index in [0.29, 0.717) is 0 Å². The van der Waals surface area contributed by atoms with E-state index in [1.807, 2.05) is 0 Å². The number of nitrogens with zero attached hydrogens (tertiary/aromatic N) is 6. The third-order valence-corrected chi connectivity index (χ3v) is 21.2. The third-order valence-electron chi connectivity index (χ3n) is 21.2. The number of anilines is 4. The Bertz CT molecular complexity index is 4560. The molecule has 0 amide bonds. The number of hydrogen-bond donors (Lipinski definition) is 0. The Morgan fingerprint density at radius 2 is 0.579 bits per heavy atom. The van der Waals surface area contributed by atoms with Gasteiger partial charge in [0, 0.05) is 113 Å². The van der Waals surface area contributed by atoms with E-state index < -0.39 is 0 Å². The zero-order valence-electron chi connectivity index (χ0n) is 63.6. The van der Waals surface area contributed by atoms with E-state index in [4.69, 9.17) is 0 Å². The normalized spacial score (nSPS) is 12.5. The van der Waals surface area contributed by atoms with Crippen molar-refractivity contribution in [2.24, 2.45) is 0 Å². The zero-order valence-corrected chi connectivity index (χ0v) is 63.6. The van der Waals surface area contributed by atoms with Gasteiger partial charge < -0.3 is 29.4 Å². The van der Waals surface area contributed by atoms with E-state index in [1.165, 1.54) is 134 Å². The van der Waals surface area contributed by atoms with E-state index in [2.05, 4.69) is 411 Å². The van der Waals surface area contributed by atoms with Crippen LogP contribution in [0.25, 0.3) is 55.7 Å². The molecule has 2 aliphatic rings. The first-order valence-electron chi connectivity index (χ1n) is 38.9. The fourth-order valence-corrected chi connectivity index (χ4v) is 15.0. The Morgan fingerprint density at radius 1 is 0.243 bits per heavy atom. The van der Waals surface area contributed by atoms with Crippen molar-refractivity contribution in [1.29, 1.82) is 0 Å². The van der Waals surface area contributed by atoms with Crippen LogP contribution in [0.15, 0.2) is 351 Å². The summed E-state index contributed by atoms with van der Waals surface area (Å²) in [5.41, 5.74) is 30.9. The summed E-state index contributed by atoms with van der Waals surface area (Å²) in [4.78, 5) is 14.7. The molecule has 0 saturated heterocycles. The van der Waals surface area contributed by atoms with Crippen LogP contribution in [-0.2, 0) is 39.3 Å². The maximum atomic E-state index is 2.56. The SMILES string of the molecule is C1=C(c2cc(-c3ccc(N(Cc4ccccc4)Cc4ccccc4)cc3)cc(-c3ccc(N(Cc4ccccc4)Cc4ccccc4)cc3)c2)CCC(N(Cc2ccccc2)Cc2ccccc2)=C1.CCN(C)C1=CCCC(c2cc(-c3cccc(N(CC)CC)c3)cc(-c3cccc(N(CC)CC)c3)c2)=C1. The van der Waals surface area contributed by atoms with Crippen molar-refractivity contribution in [2.75, 3.05) is 59.4 Å². The Labute approximate surface area is 638 Å². The molecule has 0 aliphatic heterocycles. The second-order valence-corrected chi connectivity index (χ2v) is 28.3. The second kappa shape index (κ2) is 36.9. The molecule has 0 heterocycles. The molecule has 107 heavy (non-hydrogen) atoms. The smallest absolute Gasteiger partial charge is 0.0433 e. The Hall–Kier alpha value is -11.6. The number of rotatable bonds is 29. The Morgan fingerprint density at radius 3 is 0.916 bits per heavy atom. The summed E-state index contributed by atoms with van der Waals surface area (Å²) in [5.74, 6) is 0. The van der Waals surface area contributed by atoms with Crippen molar-refractivity contribution >= 4 is 33.9 Å². The lowest BCUT2D eigenvalue weighted by molar-refractivity contribution is 0.317. The number of benzene rings is 12. The lowest BCUT2D eigenvalue weighted by atomic mass is 9.89. The molecule has 2 aliphatic carbocycles. The Kier molecular flexibility index (Phi) is 25.4. The van der Waals surface area contributed by atoms with Crippen molar-refractivity contribution < 1.29 is 0 Å². The highest BCUT2D eigenvalue weighted by atomic mass is 15.1. The van der Waals surface area contributed by atoms with Crippen LogP contribution in [0.2, 0.25) is 0 Å². The van der Waals surface area contributed by atoms with Crippen LogP contribution in [0.4, 0.5) is 22.7 Å². The summed E-state index contributed by atoms with van der Waals surface area (Å²) < 4.78 is 0. The molecule has 6 heteroatoms. The molecule has 0 fully saturated rings. The van der Waals surface area contributed by atoms with E-state index in [-0.39, 0.29) is 0 Å². The van der Waals surface area contributed by atoms with Gasteiger partial charge in [0.25, 0.3) is 0 Å². The van der Waals surface area contributed by atoms with Gasteiger partial charge in [-0.1, -0.05) is 243 Å². The minimum absolute atomic E-state index is 0.830. The van der Waals surface area contributed by atoms with Crippen molar-refractivity contribution in [2.45, 2.75) is 99.6 Å². The summed E-state index contributed by atoms with van der Waals surface area (Å²) in [6.07, 6.45) is 13.6. The first kappa shape index (κ1) is 73.7. The summed E-state index contributed by atoms with van der Waals surface area (Å²) in [7, 11) is 2.19. The largest absolute Gasteiger partial charge is 0.375 e. The van der Waals surface area contributed by atoms with Crippen LogP contribution in [0, 0.1) is 0 Å². The van der Waals surface area contributed by atoms with Crippen LogP contribution in [0.5, 0.6) is 0 Å². The zero-order chi connectivity index (χ0) is 73.5. The first-order valence-corrected chi connectivity index (χ1v) is 38.9. The second-order valence-electron chi connectivity index (χ2n) is 28.3. The van der Waals surface area contributed by atoms with E-state index in [9.17, 15) is 0 Å². The molecule has 12 aromatic carbocycles. The van der Waals surface area contributed by atoms with E-state index in [0.717, 1.165) is 97.7 Å². The maximum absolute atomic E-state index is 2.56. The molecule has 0 radical (unpaired) electrons. The van der Waals surface area contributed by atoms with Gasteiger partial charge in [0.2, 0.25) is 0 Å². The fourth-order valence-electron chi connectivity index (χ4n) is 15.0. The molecule has 538 valence electrons. The highest BCUT2D eigenvalue weighted by Crippen LogP contribution is 2.40. The minimum atomic E-state index is 0.830. The summed E-state index contributed by atoms with van der Waals surface area (Å²) in [6, 6.07) is 116. The predicted octanol–water partition coefficient (Wildman–Crippen LogP) is 24.9. The molecular formula is C101H104N6. The molecule has 0 N–H and O–H groups in total. The lowest BCUT2D eigenvalue weighted by Crippen LogP contribution is -2.23. The predicted molar refractivity (Wildman–Crippen MR) is 458 cm³/mol. The van der Waals surface area contributed by atoms with Gasteiger partial charge in [-0.25, -0.2) is 0 Å². The quantitative estimate of drug-likeness (QED) is 0.0462. The van der Waals surface area contributed by atoms with Crippen molar-refractivity contribution in [1.82, 2.24) is 9.80 Å². The van der Waals surface area contributed by atoms with E-state index in [1.54, 1.807) is 0 Å². The van der Waals surface area contributed by atoms with Gasteiger partial charge in [-0.05, 0) is 258 Å². The molecule has 6 nitrogen and oxygen atoms in total. The van der Waals surface area contributed by atoms with Crippen molar-refractivity contribution in [3.63, 3.8) is 0 Å². The average molecular weight is 1400 g/mol. The summed E-state index contributed by atoms with van der Waals surface area (Å²) in [6.45, 7) is 21.2. The van der Waals surface area contributed by atoms with Crippen LogP contribution >= 0.6 is 0 Å². The fraction of sp³-hybridized carbons (Fsp3) is 0.208. The average Bonchev–Trinajstić information content (AvgIpc) is 0.797. The van der Waals surface area contributed by atoms with Gasteiger partial charge >= 0.3 is 0 Å². The third kappa shape index (κ3) is 19.7. The Balaban J connectivity index is 0.000000225. The highest BCUT2D eigenvalue weighted by molar-refractivity contribution is 5.84. The van der Waals surface area contributed by atoms with Gasteiger partial charge in [0.15, 0.2) is 0 Å². The van der Waals surface area contributed by atoms with Crippen molar-refractivity contribution in [3.8, 4) is 44.5 Å². The summed E-state index contributed by atoms with van der Waals surface area (Å²) >= 11 is 0. The standard InChI is InChI=1S/C66H59N3.C35H45N3/c1-7-19-52(20-8-1)46-67(47-53-21-9-2-10-22-53)64-37-31-58(32-38-64)61-43-62(59-33-39-65(40-34-59)68(48-54-23-11-3-12-24-54)49-55-25-13-4-14-26-55)45-63(44-61)60-35-41-66(42-36-60)69(50-56-27-15-5-16-28-56)51-57-29-17-6-18-30-57;1-7-36(6)33-18-12-15-27(24-33)30-21-31(28-16-13-19-34(25-28)37(8-2)9-3)23-32(22-30)29-17-14-20-35(26-29)38(10-4)11-5/h1-35,37-41,43-45H,36,42,46-51H2;13-14,16-26H,7-12,15H2,1-6H3. The van der Waals surface area contributed by atoms with Gasteiger partial charge in [0.05, 0.1) is 0 Å². The molecule has 12 aromatic rings. The molecular weight excluding hydrogens is 1300 g/mol. The first-order chi connectivity index (χ1) is 52.6. The minimum Gasteiger partial charge on any atom is -0.375 e. The van der Waals surface area contributed by atoms with Crippen LogP contribution in [0.1, 0.15) is 105 Å². The van der Waals surface area contributed by atoms with Gasteiger partial charge in [-0.2, -0.15) is 0 Å². The number of allylic oxidation sites excluding steroid dienone is 7. The van der Waals surface area contributed by atoms with Crippen LogP contribution in [0.3, 0.4) is 0 Å². The molecule has 0 aromatic heterocycles. The monoisotopic (exact) mass is 1400 g/mol. The summed E-state index contributed by atoms with van der Waals surface area (Å²) in [5, 5.41) is 0. The molecule has 0 unspecified atom stereocenters. The number of hydrogen-bond acceptors (Lipinski definition) is 6. The van der Waals surface area contributed by atoms with Gasteiger partial charge in [-0.15, -0.1) is 0 Å². The topological polar surface area (TPSA) is 19.4 Å². The molecule has 0 spiro atoms. The lowest BCUT2D eigenvalue weighted by Gasteiger charge is -2.30. The molecule has 0 atom stereocenters. The van der Waals surface area contributed by atoms with Crippen molar-refractivity contribution in [3.05, 3.63) is 396 Å². The van der Waals surface area contributed by atoms with Crippen LogP contribution in [-0.4, -0.2) is 49.6 Å². The molecule has 14 rings (SSSR count). The number of likely N-dealkylation sites (N-methyl/N-ethyl adjacent to an activating group) is 1. The molecule has 0 bridgehead atoms. The van der Waals surface area contributed by atoms with Gasteiger partial charge in [0.1, 0.15) is 0 Å². The highest BCUT2D eigenvalue weighted by Gasteiger charge is 2.21. The van der Waals surface area contributed by atoms with Crippen LogP contribution < -0.4 is 19.6 Å². The van der Waals surface area contributed by atoms with Gasteiger partial charge in [-0.3, -0.25) is 0 Å². The van der Waals surface area contributed by atoms with E-state index >= 15 is 0 Å².